The third-order valence-corrected chi connectivity index (χ3v) is 7.19. The molecule has 1 aromatic carbocycles. The zero-order valence-corrected chi connectivity index (χ0v) is 12.9. The molecule has 0 amide bonds. The standard InChI is InChI=1S/C12H15NO6S2/c1-20(16,17)8-21(18,19)13-6-9-4-2-3-5-10(9)11(7-13)12(14)15/h2-5,11H,6-8H2,1H3,(H,14,15). The molecule has 1 aliphatic rings. The Hall–Kier alpha value is -1.45. The van der Waals surface area contributed by atoms with Crippen LogP contribution in [0.25, 0.3) is 0 Å². The highest BCUT2D eigenvalue weighted by Gasteiger charge is 2.36. The van der Waals surface area contributed by atoms with Gasteiger partial charge in [0.1, 0.15) is 0 Å². The molecular weight excluding hydrogens is 318 g/mol. The van der Waals surface area contributed by atoms with Crippen molar-refractivity contribution in [1.82, 2.24) is 4.31 Å². The summed E-state index contributed by atoms with van der Waals surface area (Å²) in [6, 6.07) is 6.67. The lowest BCUT2D eigenvalue weighted by Crippen LogP contribution is -2.42. The van der Waals surface area contributed by atoms with Gasteiger partial charge in [-0.15, -0.1) is 0 Å². The smallest absolute Gasteiger partial charge is 0.312 e. The molecule has 1 aromatic rings. The second-order valence-corrected chi connectivity index (χ2v) is 9.51. The van der Waals surface area contributed by atoms with Crippen LogP contribution in [0.15, 0.2) is 24.3 Å². The van der Waals surface area contributed by atoms with E-state index in [2.05, 4.69) is 0 Å². The van der Waals surface area contributed by atoms with E-state index >= 15 is 0 Å². The van der Waals surface area contributed by atoms with Crippen molar-refractivity contribution in [2.24, 2.45) is 0 Å². The van der Waals surface area contributed by atoms with Crippen molar-refractivity contribution >= 4 is 25.8 Å². The number of hydrogen-bond acceptors (Lipinski definition) is 5. The highest BCUT2D eigenvalue weighted by Crippen LogP contribution is 2.30. The Labute approximate surface area is 123 Å². The maximum absolute atomic E-state index is 12.1. The Morgan fingerprint density at radius 2 is 1.90 bits per heavy atom. The van der Waals surface area contributed by atoms with E-state index in [1.54, 1.807) is 24.3 Å². The Kier molecular flexibility index (Phi) is 4.09. The molecule has 0 aromatic heterocycles. The molecule has 1 N–H and O–H groups in total. The van der Waals surface area contributed by atoms with Gasteiger partial charge in [0.2, 0.25) is 10.0 Å². The zero-order chi connectivity index (χ0) is 15.8. The number of carbonyl (C=O) groups is 1. The molecule has 1 heterocycles. The van der Waals surface area contributed by atoms with Crippen LogP contribution in [0.4, 0.5) is 0 Å². The van der Waals surface area contributed by atoms with Gasteiger partial charge in [0.05, 0.1) is 5.92 Å². The van der Waals surface area contributed by atoms with Crippen molar-refractivity contribution in [3.8, 4) is 0 Å². The van der Waals surface area contributed by atoms with Crippen LogP contribution in [-0.2, 0) is 31.2 Å². The van der Waals surface area contributed by atoms with Crippen LogP contribution in [-0.4, -0.2) is 50.1 Å². The Bertz CT molecular complexity index is 769. The first-order chi connectivity index (χ1) is 9.60. The molecule has 7 nitrogen and oxygen atoms in total. The Morgan fingerprint density at radius 1 is 1.29 bits per heavy atom. The van der Waals surface area contributed by atoms with Gasteiger partial charge in [0.25, 0.3) is 0 Å². The van der Waals surface area contributed by atoms with E-state index in [-0.39, 0.29) is 13.1 Å². The summed E-state index contributed by atoms with van der Waals surface area (Å²) in [4.78, 5) is 11.3. The summed E-state index contributed by atoms with van der Waals surface area (Å²) in [6.07, 6.45) is 0.830. The third-order valence-electron chi connectivity index (χ3n) is 3.22. The lowest BCUT2D eigenvalue weighted by atomic mass is 9.91. The molecule has 0 saturated carbocycles. The van der Waals surface area contributed by atoms with Crippen LogP contribution in [0, 0.1) is 0 Å². The summed E-state index contributed by atoms with van der Waals surface area (Å²) in [5.41, 5.74) is 1.14. The number of carboxylic acids is 1. The van der Waals surface area contributed by atoms with Crippen molar-refractivity contribution in [2.75, 3.05) is 17.9 Å². The average molecular weight is 333 g/mol. The van der Waals surface area contributed by atoms with Crippen molar-refractivity contribution < 1.29 is 26.7 Å². The number of sulfone groups is 1. The van der Waals surface area contributed by atoms with Gasteiger partial charge in [0.15, 0.2) is 14.9 Å². The first-order valence-electron chi connectivity index (χ1n) is 6.06. The lowest BCUT2D eigenvalue weighted by molar-refractivity contribution is -0.139. The number of nitrogens with zero attached hydrogens (tertiary/aromatic N) is 1. The molecule has 21 heavy (non-hydrogen) atoms. The minimum atomic E-state index is -4.07. The Balaban J connectivity index is 2.40. The molecule has 0 saturated heterocycles. The topological polar surface area (TPSA) is 109 Å². The maximum Gasteiger partial charge on any atom is 0.312 e. The quantitative estimate of drug-likeness (QED) is 0.831. The molecule has 116 valence electrons. The van der Waals surface area contributed by atoms with Crippen molar-refractivity contribution in [1.29, 1.82) is 0 Å². The predicted molar refractivity (Wildman–Crippen MR) is 75.9 cm³/mol. The largest absolute Gasteiger partial charge is 0.481 e. The highest BCUT2D eigenvalue weighted by molar-refractivity contribution is 8.06. The fraction of sp³-hybridized carbons (Fsp3) is 0.417. The molecule has 2 rings (SSSR count). The van der Waals surface area contributed by atoms with Gasteiger partial charge in [-0.3, -0.25) is 4.79 Å². The van der Waals surface area contributed by atoms with E-state index in [0.29, 0.717) is 11.1 Å². The van der Waals surface area contributed by atoms with Crippen LogP contribution >= 0.6 is 0 Å². The number of benzene rings is 1. The van der Waals surface area contributed by atoms with Crippen LogP contribution in [0.1, 0.15) is 17.0 Å². The number of carboxylic acid groups (broad SMARTS) is 1. The molecule has 1 unspecified atom stereocenters. The minimum absolute atomic E-state index is 0.0161. The van der Waals surface area contributed by atoms with E-state index in [1.165, 1.54) is 0 Å². The molecule has 1 atom stereocenters. The van der Waals surface area contributed by atoms with Gasteiger partial charge >= 0.3 is 5.97 Å². The average Bonchev–Trinajstić information content (AvgIpc) is 2.34. The van der Waals surface area contributed by atoms with Crippen molar-refractivity contribution in [3.05, 3.63) is 35.4 Å². The van der Waals surface area contributed by atoms with Gasteiger partial charge in [-0.05, 0) is 11.1 Å². The van der Waals surface area contributed by atoms with E-state index in [0.717, 1.165) is 10.6 Å². The molecule has 1 aliphatic heterocycles. The van der Waals surface area contributed by atoms with Gasteiger partial charge in [0, 0.05) is 19.3 Å². The van der Waals surface area contributed by atoms with Gasteiger partial charge in [-0.2, -0.15) is 4.31 Å². The maximum atomic E-state index is 12.1. The molecule has 9 heteroatoms. The normalized spacial score (nSPS) is 20.0. The number of rotatable bonds is 4. The second kappa shape index (κ2) is 5.39. The first kappa shape index (κ1) is 15.9. The molecular formula is C12H15NO6S2. The van der Waals surface area contributed by atoms with Crippen LogP contribution in [0.2, 0.25) is 0 Å². The summed E-state index contributed by atoms with van der Waals surface area (Å²) >= 11 is 0. The highest BCUT2D eigenvalue weighted by atomic mass is 32.3. The van der Waals surface area contributed by atoms with Crippen LogP contribution < -0.4 is 0 Å². The number of fused-ring (bicyclic) bond motifs is 1. The SMILES string of the molecule is CS(=O)(=O)CS(=O)(=O)N1Cc2ccccc2C(C(=O)O)C1. The van der Waals surface area contributed by atoms with Gasteiger partial charge in [-0.25, -0.2) is 16.8 Å². The number of sulfonamides is 1. The van der Waals surface area contributed by atoms with E-state index in [1.807, 2.05) is 0 Å². The summed E-state index contributed by atoms with van der Waals surface area (Å²) in [5, 5.41) is 8.24. The zero-order valence-electron chi connectivity index (χ0n) is 11.3. The fourth-order valence-electron chi connectivity index (χ4n) is 2.34. The molecule has 0 fully saturated rings. The first-order valence-corrected chi connectivity index (χ1v) is 9.73. The van der Waals surface area contributed by atoms with Crippen molar-refractivity contribution in [2.45, 2.75) is 12.5 Å². The molecule has 0 radical (unpaired) electrons. The van der Waals surface area contributed by atoms with E-state index < -0.39 is 36.8 Å². The van der Waals surface area contributed by atoms with Gasteiger partial charge in [-0.1, -0.05) is 24.3 Å². The molecule has 0 spiro atoms. The van der Waals surface area contributed by atoms with Crippen molar-refractivity contribution in [3.63, 3.8) is 0 Å². The van der Waals surface area contributed by atoms with Gasteiger partial charge < -0.3 is 5.11 Å². The Morgan fingerprint density at radius 3 is 2.48 bits per heavy atom. The summed E-state index contributed by atoms with van der Waals surface area (Å²) < 4.78 is 47.6. The van der Waals surface area contributed by atoms with Crippen LogP contribution in [0.3, 0.4) is 0 Å². The fourth-order valence-corrected chi connectivity index (χ4v) is 5.82. The monoisotopic (exact) mass is 333 g/mol. The van der Waals surface area contributed by atoms with E-state index in [4.69, 9.17) is 0 Å². The second-order valence-electron chi connectivity index (χ2n) is 5.04. The third kappa shape index (κ3) is 3.60. The summed E-state index contributed by atoms with van der Waals surface area (Å²) in [5.74, 6) is -2.13. The number of aliphatic carboxylic acids is 1. The van der Waals surface area contributed by atoms with E-state index in [9.17, 15) is 26.7 Å². The summed E-state index contributed by atoms with van der Waals surface area (Å²) in [7, 11) is -7.79. The molecule has 0 aliphatic carbocycles. The minimum Gasteiger partial charge on any atom is -0.481 e. The molecule has 0 bridgehead atoms. The number of hydrogen-bond donors (Lipinski definition) is 1. The predicted octanol–water partition coefficient (Wildman–Crippen LogP) is 0.00230. The lowest BCUT2D eigenvalue weighted by Gasteiger charge is -2.31. The summed E-state index contributed by atoms with van der Waals surface area (Å²) in [6.45, 7) is -0.276. The van der Waals surface area contributed by atoms with Crippen LogP contribution in [0.5, 0.6) is 0 Å².